The Kier molecular flexibility index (Phi) is 2.59. The molecule has 2 aliphatic rings. The van der Waals surface area contributed by atoms with Crippen molar-refractivity contribution in [1.29, 1.82) is 0 Å². The Morgan fingerprint density at radius 2 is 1.17 bits per heavy atom. The Morgan fingerprint density at radius 1 is 0.433 bits per heavy atom. The smallest absolute Gasteiger partial charge is 0.000420 e. The quantitative estimate of drug-likeness (QED) is 0.237. The molecule has 0 bridgehead atoms. The Hall–Kier alpha value is -3.64. The molecule has 0 spiro atoms. The molecule has 6 aromatic rings. The summed E-state index contributed by atoms with van der Waals surface area (Å²) in [6.07, 6.45) is 2.12. The van der Waals surface area contributed by atoms with Crippen molar-refractivity contribution in [3.05, 3.63) is 107 Å². The lowest BCUT2D eigenvalue weighted by molar-refractivity contribution is 1.17. The molecule has 0 unspecified atom stereocenters. The van der Waals surface area contributed by atoms with E-state index >= 15 is 0 Å². The van der Waals surface area contributed by atoms with Gasteiger partial charge in [-0.15, -0.1) is 0 Å². The zero-order valence-electron chi connectivity index (χ0n) is 16.5. The number of hydrogen-bond acceptors (Lipinski definition) is 0. The number of benzene rings is 6. The van der Waals surface area contributed by atoms with E-state index in [0.29, 0.717) is 0 Å². The third-order valence-electron chi connectivity index (χ3n) is 7.51. The van der Waals surface area contributed by atoms with Gasteiger partial charge in [0.15, 0.2) is 0 Å². The van der Waals surface area contributed by atoms with Gasteiger partial charge in [-0.2, -0.15) is 0 Å². The lowest BCUT2D eigenvalue weighted by Crippen LogP contribution is -1.91. The second-order valence-electron chi connectivity index (χ2n) is 8.89. The maximum atomic E-state index is 2.45. The van der Waals surface area contributed by atoms with Crippen LogP contribution in [-0.4, -0.2) is 0 Å². The minimum absolute atomic E-state index is 1.05. The van der Waals surface area contributed by atoms with Gasteiger partial charge in [0.1, 0.15) is 0 Å². The van der Waals surface area contributed by atoms with Gasteiger partial charge in [0.2, 0.25) is 0 Å². The Morgan fingerprint density at radius 3 is 2.07 bits per heavy atom. The molecule has 6 aromatic carbocycles. The van der Waals surface area contributed by atoms with E-state index in [9.17, 15) is 0 Å². The van der Waals surface area contributed by atoms with Crippen LogP contribution in [0.2, 0.25) is 0 Å². The second-order valence-corrected chi connectivity index (χ2v) is 8.89. The monoisotopic (exact) mass is 378 g/mol. The first-order valence-corrected chi connectivity index (χ1v) is 10.8. The van der Waals surface area contributed by atoms with E-state index in [1.807, 2.05) is 0 Å². The van der Waals surface area contributed by atoms with E-state index in [1.165, 1.54) is 65.7 Å². The molecule has 0 aromatic heterocycles. The van der Waals surface area contributed by atoms with Gasteiger partial charge >= 0.3 is 0 Å². The minimum atomic E-state index is 1.05. The summed E-state index contributed by atoms with van der Waals surface area (Å²) < 4.78 is 0. The molecule has 2 aliphatic carbocycles. The van der Waals surface area contributed by atoms with Gasteiger partial charge in [0.25, 0.3) is 0 Å². The summed E-state index contributed by atoms with van der Waals surface area (Å²) in [5.74, 6) is 0. The molecule has 8 rings (SSSR count). The highest BCUT2D eigenvalue weighted by atomic mass is 14.3. The molecule has 0 saturated heterocycles. The van der Waals surface area contributed by atoms with Crippen LogP contribution in [0.1, 0.15) is 22.3 Å². The fourth-order valence-electron chi connectivity index (χ4n) is 6.21. The first-order chi connectivity index (χ1) is 14.9. The molecule has 30 heavy (non-hydrogen) atoms. The van der Waals surface area contributed by atoms with Gasteiger partial charge in [-0.05, 0) is 95.7 Å². The first-order valence-electron chi connectivity index (χ1n) is 10.8. The molecule has 0 amide bonds. The average molecular weight is 378 g/mol. The zero-order chi connectivity index (χ0) is 19.4. The highest BCUT2D eigenvalue weighted by Gasteiger charge is 2.29. The minimum Gasteiger partial charge on any atom is -0.0619 e. The summed E-state index contributed by atoms with van der Waals surface area (Å²) >= 11 is 0. The molecular formula is C30H18. The summed E-state index contributed by atoms with van der Waals surface area (Å²) in [7, 11) is 0. The van der Waals surface area contributed by atoms with Crippen LogP contribution < -0.4 is 0 Å². The van der Waals surface area contributed by atoms with Crippen LogP contribution in [0.5, 0.6) is 0 Å². The zero-order valence-corrected chi connectivity index (χ0v) is 16.5. The Bertz CT molecular complexity index is 1670. The Balaban J connectivity index is 1.45. The van der Waals surface area contributed by atoms with Gasteiger partial charge in [-0.25, -0.2) is 0 Å². The van der Waals surface area contributed by atoms with E-state index in [1.54, 1.807) is 11.1 Å². The van der Waals surface area contributed by atoms with Gasteiger partial charge in [-0.3, -0.25) is 0 Å². The van der Waals surface area contributed by atoms with Crippen LogP contribution in [0.15, 0.2) is 84.9 Å². The normalized spacial score (nSPS) is 13.7. The topological polar surface area (TPSA) is 0 Å². The fraction of sp³-hybridized carbons (Fsp3) is 0.0667. The van der Waals surface area contributed by atoms with Crippen molar-refractivity contribution in [2.75, 3.05) is 0 Å². The molecule has 0 heteroatoms. The molecule has 0 heterocycles. The Labute approximate surface area is 174 Å². The second kappa shape index (κ2) is 5.09. The number of fused-ring (bicyclic) bond motifs is 8. The first kappa shape index (κ1) is 15.2. The van der Waals surface area contributed by atoms with E-state index < -0.39 is 0 Å². The van der Waals surface area contributed by atoms with Crippen LogP contribution in [0.4, 0.5) is 0 Å². The largest absolute Gasteiger partial charge is 0.0619 e. The SMILES string of the molecule is c1ccc2c(c1)Cc1c-2ccc2c1Cc1c-2cc2ccc3cccc4ccc1c2c34. The molecule has 0 radical (unpaired) electrons. The maximum Gasteiger partial charge on any atom is -0.000420 e. The van der Waals surface area contributed by atoms with Gasteiger partial charge < -0.3 is 0 Å². The van der Waals surface area contributed by atoms with Crippen LogP contribution in [0.25, 0.3) is 54.6 Å². The summed E-state index contributed by atoms with van der Waals surface area (Å²) in [4.78, 5) is 0. The predicted octanol–water partition coefficient (Wildman–Crippen LogP) is 7.73. The molecule has 0 N–H and O–H groups in total. The summed E-state index contributed by atoms with van der Waals surface area (Å²) in [5, 5.41) is 8.35. The maximum absolute atomic E-state index is 2.45. The van der Waals surface area contributed by atoms with E-state index in [0.717, 1.165) is 12.8 Å². The van der Waals surface area contributed by atoms with Gasteiger partial charge in [0, 0.05) is 0 Å². The van der Waals surface area contributed by atoms with Crippen molar-refractivity contribution < 1.29 is 0 Å². The third-order valence-corrected chi connectivity index (χ3v) is 7.51. The third kappa shape index (κ3) is 1.70. The van der Waals surface area contributed by atoms with Crippen LogP contribution >= 0.6 is 0 Å². The lowest BCUT2D eigenvalue weighted by Gasteiger charge is -2.14. The van der Waals surface area contributed by atoms with Gasteiger partial charge in [0.05, 0.1) is 0 Å². The van der Waals surface area contributed by atoms with E-state index in [2.05, 4.69) is 84.9 Å². The molecule has 138 valence electrons. The van der Waals surface area contributed by atoms with Crippen LogP contribution in [0.3, 0.4) is 0 Å². The van der Waals surface area contributed by atoms with Crippen LogP contribution in [0, 0.1) is 0 Å². The van der Waals surface area contributed by atoms with E-state index in [-0.39, 0.29) is 0 Å². The highest BCUT2D eigenvalue weighted by Crippen LogP contribution is 2.49. The number of hydrogen-bond donors (Lipinski definition) is 0. The number of rotatable bonds is 0. The standard InChI is InChI=1S/C30H18/c1-2-7-21-19(4-1)14-25-22(21)12-13-23-26-15-20-9-8-17-5-3-6-18-10-11-24(30(20)29(17)18)28(26)16-27(23)25/h1-13,15H,14,16H2. The molecule has 0 aliphatic heterocycles. The van der Waals surface area contributed by atoms with Crippen LogP contribution in [-0.2, 0) is 12.8 Å². The summed E-state index contributed by atoms with van der Waals surface area (Å²) in [5.41, 5.74) is 11.8. The molecule has 0 nitrogen and oxygen atoms in total. The molecule has 0 fully saturated rings. The van der Waals surface area contributed by atoms with Crippen molar-refractivity contribution in [3.63, 3.8) is 0 Å². The van der Waals surface area contributed by atoms with Crippen molar-refractivity contribution in [2.45, 2.75) is 12.8 Å². The van der Waals surface area contributed by atoms with Crippen molar-refractivity contribution in [2.24, 2.45) is 0 Å². The predicted molar refractivity (Wildman–Crippen MR) is 127 cm³/mol. The summed E-state index contributed by atoms with van der Waals surface area (Å²) in [6, 6.07) is 32.0. The summed E-state index contributed by atoms with van der Waals surface area (Å²) in [6.45, 7) is 0. The van der Waals surface area contributed by atoms with E-state index in [4.69, 9.17) is 0 Å². The van der Waals surface area contributed by atoms with Crippen molar-refractivity contribution in [1.82, 2.24) is 0 Å². The molecule has 0 saturated carbocycles. The van der Waals surface area contributed by atoms with Crippen molar-refractivity contribution >= 4 is 32.3 Å². The lowest BCUT2D eigenvalue weighted by atomic mass is 9.89. The molecule has 0 atom stereocenters. The average Bonchev–Trinajstić information content (AvgIpc) is 3.35. The molecular weight excluding hydrogens is 360 g/mol. The fourth-order valence-corrected chi connectivity index (χ4v) is 6.21. The van der Waals surface area contributed by atoms with Gasteiger partial charge in [-0.1, -0.05) is 78.9 Å². The van der Waals surface area contributed by atoms with Crippen molar-refractivity contribution in [3.8, 4) is 22.3 Å². The highest BCUT2D eigenvalue weighted by molar-refractivity contribution is 6.25.